The Morgan fingerprint density at radius 1 is 0.714 bits per heavy atom. The molecule has 2 aliphatic heterocycles. The number of phenols is 1. The Morgan fingerprint density at radius 3 is 1.82 bits per heavy atom. The maximum absolute atomic E-state index is 13.1. The lowest BCUT2D eigenvalue weighted by atomic mass is 9.88. The minimum Gasteiger partial charge on any atom is -0.507 e. The number of phenolic OH excluding ortho intramolecular Hbond substituents is 1. The third-order valence-corrected chi connectivity index (χ3v) is 14.4. The van der Waals surface area contributed by atoms with Gasteiger partial charge in [-0.25, -0.2) is 14.8 Å². The topological polar surface area (TPSA) is 242 Å². The number of nitrogens with one attached hydrogen (secondary N) is 3. The maximum Gasteiger partial charge on any atom is 0.410 e. The van der Waals surface area contributed by atoms with Crippen LogP contribution in [0.1, 0.15) is 101 Å². The molecule has 3 aromatic carbocycles. The van der Waals surface area contributed by atoms with E-state index in [0.29, 0.717) is 95.8 Å². The highest BCUT2D eigenvalue weighted by atomic mass is 35.5. The molecule has 4 aromatic heterocycles. The van der Waals surface area contributed by atoms with Crippen LogP contribution >= 0.6 is 12.4 Å². The van der Waals surface area contributed by atoms with Gasteiger partial charge in [-0.3, -0.25) is 9.59 Å². The number of methoxy groups -OCH3 is 1. The van der Waals surface area contributed by atoms with Crippen LogP contribution in [-0.2, 0) is 11.3 Å². The molecule has 2 aliphatic carbocycles. The number of carbonyl (C=O) groups is 1. The molecular weight excluding hydrogens is 1000 g/mol. The average molecular weight is 1070 g/mol. The molecule has 18 heteroatoms. The monoisotopic (exact) mass is 1070 g/mol. The quantitative estimate of drug-likeness (QED) is 0.0594. The normalized spacial score (nSPS) is 17.4. The van der Waals surface area contributed by atoms with Crippen molar-refractivity contribution < 1.29 is 33.6 Å². The van der Waals surface area contributed by atoms with Crippen molar-refractivity contribution in [2.24, 2.45) is 11.8 Å². The molecule has 11 rings (SSSR count). The van der Waals surface area contributed by atoms with Gasteiger partial charge in [-0.05, 0) is 174 Å². The molecule has 8 N–H and O–H groups in total. The molecule has 0 bridgehead atoms. The number of hydrogen-bond donors (Lipinski definition) is 6. The minimum absolute atomic E-state index is 0. The first-order valence-electron chi connectivity index (χ1n) is 26.5. The van der Waals surface area contributed by atoms with Crippen LogP contribution < -0.4 is 46.9 Å². The van der Waals surface area contributed by atoms with E-state index in [-0.39, 0.29) is 53.0 Å². The molecular formula is C59H69ClN8O9. The number of aromatic hydroxyl groups is 1. The van der Waals surface area contributed by atoms with Gasteiger partial charge in [0, 0.05) is 36.3 Å². The highest BCUT2D eigenvalue weighted by Crippen LogP contribution is 2.44. The smallest absolute Gasteiger partial charge is 0.410 e. The Kier molecular flexibility index (Phi) is 16.5. The van der Waals surface area contributed by atoms with Crippen LogP contribution in [0.15, 0.2) is 94.5 Å². The van der Waals surface area contributed by atoms with Gasteiger partial charge in [0.2, 0.25) is 0 Å². The van der Waals surface area contributed by atoms with Crippen LogP contribution in [-0.4, -0.2) is 88.1 Å². The number of rotatable bonds is 14. The second-order valence-electron chi connectivity index (χ2n) is 21.6. The van der Waals surface area contributed by atoms with E-state index in [0.717, 1.165) is 84.8 Å². The third-order valence-electron chi connectivity index (χ3n) is 14.4. The van der Waals surface area contributed by atoms with Crippen LogP contribution in [0.2, 0.25) is 0 Å². The van der Waals surface area contributed by atoms with Crippen molar-refractivity contribution in [1.82, 2.24) is 30.2 Å². The lowest BCUT2D eigenvalue weighted by Crippen LogP contribution is -2.42. The van der Waals surface area contributed by atoms with E-state index < -0.39 is 11.2 Å². The zero-order valence-electron chi connectivity index (χ0n) is 44.1. The van der Waals surface area contributed by atoms with E-state index >= 15 is 0 Å². The van der Waals surface area contributed by atoms with Gasteiger partial charge in [0.25, 0.3) is 11.1 Å². The van der Waals surface area contributed by atoms with E-state index in [2.05, 4.69) is 15.3 Å². The summed E-state index contributed by atoms with van der Waals surface area (Å²) in [7, 11) is 1.64. The number of pyridine rings is 4. The van der Waals surface area contributed by atoms with Crippen molar-refractivity contribution in [2.75, 3.05) is 58.0 Å². The number of nitrogens with two attached hydrogens (primary N) is 2. The number of aromatic amines is 2. The molecule has 7 aromatic rings. The minimum atomic E-state index is -0.596. The zero-order valence-corrected chi connectivity index (χ0v) is 44.9. The van der Waals surface area contributed by atoms with Crippen LogP contribution in [0.4, 0.5) is 16.2 Å². The van der Waals surface area contributed by atoms with Crippen molar-refractivity contribution >= 4 is 51.9 Å². The second-order valence-corrected chi connectivity index (χ2v) is 21.6. The summed E-state index contributed by atoms with van der Waals surface area (Å²) in [5, 5.41) is 15.7. The maximum atomic E-state index is 13.1. The van der Waals surface area contributed by atoms with Crippen molar-refractivity contribution in [1.29, 1.82) is 0 Å². The van der Waals surface area contributed by atoms with Gasteiger partial charge in [0.1, 0.15) is 52.2 Å². The molecule has 1 amide bonds. The Morgan fingerprint density at radius 2 is 1.26 bits per heavy atom. The number of ether oxygens (including phenoxy) is 5. The Labute approximate surface area is 453 Å². The number of amides is 1. The van der Waals surface area contributed by atoms with Crippen molar-refractivity contribution in [3.63, 3.8) is 0 Å². The van der Waals surface area contributed by atoms with Crippen LogP contribution in [0.3, 0.4) is 0 Å². The Hall–Kier alpha value is -7.50. The van der Waals surface area contributed by atoms with Gasteiger partial charge in [0.05, 0.1) is 54.2 Å². The number of piperidine rings is 2. The summed E-state index contributed by atoms with van der Waals surface area (Å²) in [4.78, 5) is 55.1. The van der Waals surface area contributed by atoms with Crippen molar-refractivity contribution in [2.45, 2.75) is 96.2 Å². The fourth-order valence-electron chi connectivity index (χ4n) is 9.99. The lowest BCUT2D eigenvalue weighted by molar-refractivity contribution is 0.0198. The number of carbonyl (C=O) groups excluding carboxylic acids is 1. The first-order valence-corrected chi connectivity index (χ1v) is 26.5. The van der Waals surface area contributed by atoms with E-state index in [4.69, 9.17) is 45.1 Å². The third kappa shape index (κ3) is 13.0. The van der Waals surface area contributed by atoms with Gasteiger partial charge >= 0.3 is 6.09 Å². The number of nitrogen functional groups attached to an aromatic ring is 2. The predicted octanol–water partition coefficient (Wildman–Crippen LogP) is 10.2. The fraction of sp³-hybridized carbons (Fsp3) is 0.407. The molecule has 4 aliphatic rings. The first-order chi connectivity index (χ1) is 36.7. The molecule has 2 saturated heterocycles. The number of nitrogens with zero attached hydrogens (tertiary/aromatic N) is 3. The number of likely N-dealkylation sites (tertiary alicyclic amines) is 1. The molecule has 4 fully saturated rings. The van der Waals surface area contributed by atoms with Gasteiger partial charge in [0.15, 0.2) is 0 Å². The van der Waals surface area contributed by atoms with E-state index in [1.807, 2.05) is 81.4 Å². The highest BCUT2D eigenvalue weighted by Gasteiger charge is 2.32. The van der Waals surface area contributed by atoms with Crippen molar-refractivity contribution in [3.8, 4) is 51.3 Å². The van der Waals surface area contributed by atoms with Crippen molar-refractivity contribution in [3.05, 3.63) is 122 Å². The van der Waals surface area contributed by atoms with Crippen LogP contribution in [0, 0.1) is 11.8 Å². The predicted molar refractivity (Wildman–Crippen MR) is 302 cm³/mol. The molecule has 406 valence electrons. The largest absolute Gasteiger partial charge is 0.507 e. The standard InChI is InChI=1S/C36H42N4O6.C23H26N4O3.ClH/c1-36(2,3)46-35(42)40-16-6-7-24(19-40)26-18-29(38-33-27(26)17-28(37)34(41)39-33)32-30(44-20-22-10-11-22)8-5-9-31(32)45-21-23-12-14-25(43-4)15-13-23;24-17-9-16-15(14-3-2-8-25-11-14)10-18(26-22(16)27-23(17)29)21-19(28)4-1-5-20(21)30-12-13-6-7-13;/h5,8-9,12-15,17-18,22,24H,6-7,10-11,16,19-21,37H2,1-4H3,(H,38,39,41);1,4-5,9-10,13-14,25,28H,2-3,6-8,11-12,24H2,(H,26,27,29);1H. The SMILES string of the molecule is COc1ccc(COc2cccc(OCC3CC3)c2-c2cc(C3CCCN(C(=O)OC(C)(C)C)C3)c3cc(N)c(=O)[nH]c3n2)cc1.Cl.Nc1cc2c(C3CCCNC3)cc(-c3c(O)cccc3OCC3CC3)nc2[nH]c1=O. The molecule has 2 unspecified atom stereocenters. The first kappa shape index (κ1) is 54.3. The Balaban J connectivity index is 0.000000201. The van der Waals surface area contributed by atoms with Crippen LogP contribution in [0.5, 0.6) is 28.7 Å². The number of anilines is 2. The summed E-state index contributed by atoms with van der Waals surface area (Å²) in [6.07, 6.45) is 8.10. The lowest BCUT2D eigenvalue weighted by Gasteiger charge is -2.34. The zero-order chi connectivity index (χ0) is 53.1. The molecule has 2 atom stereocenters. The number of hydrogen-bond acceptors (Lipinski definition) is 14. The number of benzene rings is 3. The molecule has 2 saturated carbocycles. The average Bonchev–Trinajstić information content (AvgIpc) is 4.38. The number of halogens is 1. The summed E-state index contributed by atoms with van der Waals surface area (Å²) in [6.45, 7) is 10.1. The molecule has 17 nitrogen and oxygen atoms in total. The highest BCUT2D eigenvalue weighted by molar-refractivity contribution is 5.89. The van der Waals surface area contributed by atoms with E-state index in [1.54, 1.807) is 36.3 Å². The van der Waals surface area contributed by atoms with Gasteiger partial charge in [-0.15, -0.1) is 12.4 Å². The van der Waals surface area contributed by atoms with Gasteiger partial charge < -0.3 is 60.4 Å². The number of fused-ring (bicyclic) bond motifs is 2. The second kappa shape index (κ2) is 23.4. The van der Waals surface area contributed by atoms with E-state index in [1.165, 1.54) is 12.8 Å². The fourth-order valence-corrected chi connectivity index (χ4v) is 9.99. The summed E-state index contributed by atoms with van der Waals surface area (Å²) in [5.41, 5.74) is 17.3. The summed E-state index contributed by atoms with van der Waals surface area (Å²) >= 11 is 0. The Bertz CT molecular complexity index is 3360. The number of aromatic nitrogens is 4. The van der Waals surface area contributed by atoms with Gasteiger partial charge in [-0.2, -0.15) is 0 Å². The van der Waals surface area contributed by atoms with E-state index in [9.17, 15) is 19.5 Å². The summed E-state index contributed by atoms with van der Waals surface area (Å²) in [6, 6.07) is 26.2. The molecule has 77 heavy (non-hydrogen) atoms. The van der Waals surface area contributed by atoms with Gasteiger partial charge in [-0.1, -0.05) is 24.3 Å². The molecule has 6 heterocycles. The summed E-state index contributed by atoms with van der Waals surface area (Å²) in [5.74, 6) is 4.13. The molecule has 0 radical (unpaired) electrons. The summed E-state index contributed by atoms with van der Waals surface area (Å²) < 4.78 is 29.8. The molecule has 0 spiro atoms. The number of H-pyrrole nitrogens is 2. The van der Waals surface area contributed by atoms with Crippen LogP contribution in [0.25, 0.3) is 44.6 Å².